The summed E-state index contributed by atoms with van der Waals surface area (Å²) in [6.45, 7) is 1.53. The summed E-state index contributed by atoms with van der Waals surface area (Å²) < 4.78 is 0. The Hall–Kier alpha value is -1.81. The Morgan fingerprint density at radius 2 is 2.12 bits per heavy atom. The first-order valence-electron chi connectivity index (χ1n) is 4.53. The lowest BCUT2D eigenvalue weighted by Gasteiger charge is -2.08. The number of rotatable bonds is 1. The molecular weight excluding hydrogens is 230 g/mol. The van der Waals surface area contributed by atoms with E-state index >= 15 is 0 Å². The number of nitrogens with zero attached hydrogens (tertiary/aromatic N) is 1. The van der Waals surface area contributed by atoms with Crippen molar-refractivity contribution in [3.63, 3.8) is 0 Å². The number of aryl methyl sites for hydroxylation is 1. The van der Waals surface area contributed by atoms with E-state index in [2.05, 4.69) is 4.98 Å². The summed E-state index contributed by atoms with van der Waals surface area (Å²) in [4.78, 5) is 15.1. The number of para-hydroxylation sites is 1. The van der Waals surface area contributed by atoms with Gasteiger partial charge in [-0.15, -0.1) is 0 Å². The highest BCUT2D eigenvalue weighted by Gasteiger charge is 2.18. The molecule has 0 atom stereocenters. The predicted molar refractivity (Wildman–Crippen MR) is 60.1 cm³/mol. The minimum atomic E-state index is -1.20. The van der Waals surface area contributed by atoms with Gasteiger partial charge in [0, 0.05) is 5.39 Å². The van der Waals surface area contributed by atoms with Crippen molar-refractivity contribution < 1.29 is 15.0 Å². The second-order valence-corrected chi connectivity index (χ2v) is 3.77. The van der Waals surface area contributed by atoms with Crippen LogP contribution >= 0.6 is 11.6 Å². The van der Waals surface area contributed by atoms with Gasteiger partial charge in [0.2, 0.25) is 0 Å². The molecule has 1 aromatic carbocycles. The molecule has 0 amide bonds. The largest absolute Gasteiger partial charge is 0.505 e. The maximum absolute atomic E-state index is 11.1. The minimum Gasteiger partial charge on any atom is -0.505 e. The third-order valence-corrected chi connectivity index (χ3v) is 2.63. The van der Waals surface area contributed by atoms with Crippen molar-refractivity contribution in [3.05, 3.63) is 34.5 Å². The van der Waals surface area contributed by atoms with E-state index in [1.807, 2.05) is 0 Å². The third-order valence-electron chi connectivity index (χ3n) is 2.33. The minimum absolute atomic E-state index is 0.162. The Morgan fingerprint density at radius 1 is 1.44 bits per heavy atom. The number of halogens is 1. The first-order valence-corrected chi connectivity index (χ1v) is 4.91. The van der Waals surface area contributed by atoms with Crippen molar-refractivity contribution in [2.24, 2.45) is 0 Å². The SMILES string of the molecule is Cc1nc2c(Cl)cccc2c(C(=O)O)c1O. The fourth-order valence-electron chi connectivity index (χ4n) is 1.58. The summed E-state index contributed by atoms with van der Waals surface area (Å²) in [6, 6.07) is 4.81. The summed E-state index contributed by atoms with van der Waals surface area (Å²) in [5.41, 5.74) is 0.472. The van der Waals surface area contributed by atoms with Crippen LogP contribution in [0.25, 0.3) is 10.9 Å². The molecule has 0 saturated heterocycles. The molecule has 1 heterocycles. The van der Waals surface area contributed by atoms with Gasteiger partial charge in [-0.3, -0.25) is 0 Å². The second kappa shape index (κ2) is 3.64. The van der Waals surface area contributed by atoms with Crippen molar-refractivity contribution >= 4 is 28.5 Å². The quantitative estimate of drug-likeness (QED) is 0.800. The van der Waals surface area contributed by atoms with Crippen molar-refractivity contribution in [1.29, 1.82) is 0 Å². The Labute approximate surface area is 96.1 Å². The van der Waals surface area contributed by atoms with Crippen LogP contribution in [0.1, 0.15) is 16.1 Å². The van der Waals surface area contributed by atoms with Gasteiger partial charge in [0.15, 0.2) is 5.75 Å². The van der Waals surface area contributed by atoms with Gasteiger partial charge in [0.05, 0.1) is 16.2 Å². The van der Waals surface area contributed by atoms with E-state index in [4.69, 9.17) is 16.7 Å². The maximum Gasteiger partial charge on any atom is 0.340 e. The molecule has 2 aromatic rings. The van der Waals surface area contributed by atoms with E-state index in [0.29, 0.717) is 15.9 Å². The van der Waals surface area contributed by atoms with E-state index < -0.39 is 5.97 Å². The molecule has 0 bridgehead atoms. The number of benzene rings is 1. The molecule has 0 saturated carbocycles. The highest BCUT2D eigenvalue weighted by Crippen LogP contribution is 2.31. The Kier molecular flexibility index (Phi) is 2.44. The molecule has 1 aromatic heterocycles. The van der Waals surface area contributed by atoms with Crippen LogP contribution in [0.5, 0.6) is 5.75 Å². The molecule has 0 aliphatic rings. The molecule has 2 rings (SSSR count). The lowest BCUT2D eigenvalue weighted by Crippen LogP contribution is -2.01. The smallest absolute Gasteiger partial charge is 0.340 e. The topological polar surface area (TPSA) is 70.4 Å². The normalized spacial score (nSPS) is 10.6. The molecular formula is C11H8ClNO3. The number of pyridine rings is 1. The van der Waals surface area contributed by atoms with Crippen LogP contribution in [-0.2, 0) is 0 Å². The van der Waals surface area contributed by atoms with Gasteiger partial charge in [-0.2, -0.15) is 0 Å². The summed E-state index contributed by atoms with van der Waals surface area (Å²) in [5.74, 6) is -1.52. The lowest BCUT2D eigenvalue weighted by atomic mass is 10.1. The van der Waals surface area contributed by atoms with Crippen LogP contribution in [0.2, 0.25) is 5.02 Å². The van der Waals surface area contributed by atoms with Crippen molar-refractivity contribution in [2.75, 3.05) is 0 Å². The first-order chi connectivity index (χ1) is 7.52. The van der Waals surface area contributed by atoms with Crippen LogP contribution in [0.4, 0.5) is 0 Å². The highest BCUT2D eigenvalue weighted by molar-refractivity contribution is 6.35. The molecule has 0 aliphatic carbocycles. The van der Waals surface area contributed by atoms with Crippen LogP contribution in [0.3, 0.4) is 0 Å². The lowest BCUT2D eigenvalue weighted by molar-refractivity contribution is 0.0695. The number of carboxylic acid groups (broad SMARTS) is 1. The van der Waals surface area contributed by atoms with Gasteiger partial charge in [-0.05, 0) is 13.0 Å². The molecule has 5 heteroatoms. The number of aromatic hydroxyl groups is 1. The molecule has 0 unspecified atom stereocenters. The average molecular weight is 238 g/mol. The van der Waals surface area contributed by atoms with E-state index in [9.17, 15) is 9.90 Å². The zero-order chi connectivity index (χ0) is 11.9. The number of hydrogen-bond acceptors (Lipinski definition) is 3. The third kappa shape index (κ3) is 1.47. The molecule has 0 radical (unpaired) electrons. The number of carbonyl (C=O) groups is 1. The van der Waals surface area contributed by atoms with Gasteiger partial charge in [-0.25, -0.2) is 9.78 Å². The van der Waals surface area contributed by atoms with Gasteiger partial charge in [0.1, 0.15) is 5.56 Å². The van der Waals surface area contributed by atoms with Crippen LogP contribution < -0.4 is 0 Å². The molecule has 16 heavy (non-hydrogen) atoms. The fraction of sp³-hybridized carbons (Fsp3) is 0.0909. The van der Waals surface area contributed by atoms with Crippen LogP contribution in [-0.4, -0.2) is 21.2 Å². The molecule has 82 valence electrons. The number of aromatic carboxylic acids is 1. The van der Waals surface area contributed by atoms with Crippen molar-refractivity contribution in [1.82, 2.24) is 4.98 Å². The first kappa shape index (κ1) is 10.7. The standard InChI is InChI=1S/C11H8ClNO3/c1-5-10(14)8(11(15)16)6-3-2-4-7(12)9(6)13-5/h2-4,14H,1H3,(H,15,16). The maximum atomic E-state index is 11.1. The van der Waals surface area contributed by atoms with Gasteiger partial charge < -0.3 is 10.2 Å². The molecule has 0 spiro atoms. The van der Waals surface area contributed by atoms with E-state index in [-0.39, 0.29) is 17.0 Å². The number of fused-ring (bicyclic) bond motifs is 1. The number of hydrogen-bond donors (Lipinski definition) is 2. The Balaban J connectivity index is 3.00. The van der Waals surface area contributed by atoms with Crippen LogP contribution in [0, 0.1) is 6.92 Å². The van der Waals surface area contributed by atoms with Gasteiger partial charge in [-0.1, -0.05) is 23.7 Å². The van der Waals surface area contributed by atoms with E-state index in [1.165, 1.54) is 6.92 Å². The predicted octanol–water partition coefficient (Wildman–Crippen LogP) is 2.60. The fourth-order valence-corrected chi connectivity index (χ4v) is 1.79. The molecule has 0 aliphatic heterocycles. The average Bonchev–Trinajstić information content (AvgIpc) is 2.21. The number of carboxylic acids is 1. The highest BCUT2D eigenvalue weighted by atomic mass is 35.5. The zero-order valence-corrected chi connectivity index (χ0v) is 9.12. The Morgan fingerprint density at radius 3 is 2.75 bits per heavy atom. The van der Waals surface area contributed by atoms with Gasteiger partial charge >= 0.3 is 5.97 Å². The second-order valence-electron chi connectivity index (χ2n) is 3.36. The van der Waals surface area contributed by atoms with E-state index in [0.717, 1.165) is 0 Å². The molecule has 0 fully saturated rings. The monoisotopic (exact) mass is 237 g/mol. The zero-order valence-electron chi connectivity index (χ0n) is 8.36. The summed E-state index contributed by atoms with van der Waals surface area (Å²) >= 11 is 5.92. The summed E-state index contributed by atoms with van der Waals surface area (Å²) in [6.07, 6.45) is 0. The van der Waals surface area contributed by atoms with Gasteiger partial charge in [0.25, 0.3) is 0 Å². The molecule has 4 nitrogen and oxygen atoms in total. The van der Waals surface area contributed by atoms with Crippen molar-refractivity contribution in [2.45, 2.75) is 6.92 Å². The Bertz CT molecular complexity index is 595. The summed E-state index contributed by atoms with van der Waals surface area (Å²) in [5, 5.41) is 19.4. The molecule has 2 N–H and O–H groups in total. The van der Waals surface area contributed by atoms with E-state index in [1.54, 1.807) is 18.2 Å². The van der Waals surface area contributed by atoms with Crippen LogP contribution in [0.15, 0.2) is 18.2 Å². The number of aromatic nitrogens is 1. The van der Waals surface area contributed by atoms with Crippen molar-refractivity contribution in [3.8, 4) is 5.75 Å². The summed E-state index contributed by atoms with van der Waals surface area (Å²) in [7, 11) is 0.